The van der Waals surface area contributed by atoms with Gasteiger partial charge in [0.25, 0.3) is 0 Å². The van der Waals surface area contributed by atoms with Crippen LogP contribution in [0, 0.1) is 11.3 Å². The van der Waals surface area contributed by atoms with Crippen molar-refractivity contribution in [3.05, 3.63) is 76.3 Å². The Labute approximate surface area is 149 Å². The highest BCUT2D eigenvalue weighted by Crippen LogP contribution is 2.52. The maximum Gasteiger partial charge on any atom is 0.239 e. The Morgan fingerprint density at radius 2 is 2.04 bits per heavy atom. The number of allylic oxidation sites excluding steroid dienone is 1. The third-order valence-corrected chi connectivity index (χ3v) is 5.19. The van der Waals surface area contributed by atoms with Gasteiger partial charge < -0.3 is 5.32 Å². The van der Waals surface area contributed by atoms with Crippen molar-refractivity contribution in [1.82, 2.24) is 0 Å². The summed E-state index contributed by atoms with van der Waals surface area (Å²) in [5, 5.41) is 12.6. The lowest BCUT2D eigenvalue weighted by Gasteiger charge is -2.36. The lowest BCUT2D eigenvalue weighted by Crippen LogP contribution is -2.42. The SMILES string of the molecule is N#Cc1cccc([C@H]2CC(=O)C=C[C@@]23C(=O)Nc2cc(Cl)ccc23)c1. The minimum absolute atomic E-state index is 0.0341. The van der Waals surface area contributed by atoms with Gasteiger partial charge >= 0.3 is 0 Å². The molecular weight excluding hydrogens is 336 g/mol. The Morgan fingerprint density at radius 3 is 2.84 bits per heavy atom. The van der Waals surface area contributed by atoms with E-state index >= 15 is 0 Å². The molecule has 0 radical (unpaired) electrons. The van der Waals surface area contributed by atoms with Gasteiger partial charge in [-0.3, -0.25) is 9.59 Å². The van der Waals surface area contributed by atoms with Gasteiger partial charge in [-0.05, 0) is 41.5 Å². The summed E-state index contributed by atoms with van der Waals surface area (Å²) >= 11 is 6.06. The zero-order valence-electron chi connectivity index (χ0n) is 13.1. The molecule has 1 N–H and O–H groups in total. The van der Waals surface area contributed by atoms with Crippen molar-refractivity contribution in [3.8, 4) is 6.07 Å². The van der Waals surface area contributed by atoms with Crippen LogP contribution in [-0.2, 0) is 15.0 Å². The van der Waals surface area contributed by atoms with Crippen molar-refractivity contribution in [1.29, 1.82) is 5.26 Å². The van der Waals surface area contributed by atoms with Gasteiger partial charge in [-0.1, -0.05) is 35.9 Å². The fourth-order valence-electron chi connectivity index (χ4n) is 3.82. The smallest absolute Gasteiger partial charge is 0.239 e. The number of amides is 1. The lowest BCUT2D eigenvalue weighted by atomic mass is 9.64. The molecule has 0 aromatic heterocycles. The third kappa shape index (κ3) is 2.28. The lowest BCUT2D eigenvalue weighted by molar-refractivity contribution is -0.121. The van der Waals surface area contributed by atoms with Crippen LogP contribution in [-0.4, -0.2) is 11.7 Å². The van der Waals surface area contributed by atoms with Crippen LogP contribution in [0.15, 0.2) is 54.6 Å². The van der Waals surface area contributed by atoms with Crippen LogP contribution < -0.4 is 5.32 Å². The van der Waals surface area contributed by atoms with Crippen LogP contribution in [0.3, 0.4) is 0 Å². The number of rotatable bonds is 1. The molecule has 4 nitrogen and oxygen atoms in total. The first kappa shape index (κ1) is 15.6. The molecule has 1 aliphatic heterocycles. The molecule has 25 heavy (non-hydrogen) atoms. The summed E-state index contributed by atoms with van der Waals surface area (Å²) in [4.78, 5) is 25.1. The van der Waals surface area contributed by atoms with E-state index in [0.29, 0.717) is 16.3 Å². The number of anilines is 1. The number of hydrogen-bond acceptors (Lipinski definition) is 3. The maximum atomic E-state index is 13.0. The zero-order valence-corrected chi connectivity index (χ0v) is 13.9. The van der Waals surface area contributed by atoms with E-state index in [1.54, 1.807) is 36.4 Å². The van der Waals surface area contributed by atoms with Crippen LogP contribution in [0.2, 0.25) is 5.02 Å². The Balaban J connectivity index is 1.95. The van der Waals surface area contributed by atoms with Gasteiger partial charge in [-0.2, -0.15) is 5.26 Å². The summed E-state index contributed by atoms with van der Waals surface area (Å²) < 4.78 is 0. The quantitative estimate of drug-likeness (QED) is 0.854. The molecule has 2 atom stereocenters. The Bertz CT molecular complexity index is 989. The van der Waals surface area contributed by atoms with Crippen LogP contribution in [0.5, 0.6) is 0 Å². The monoisotopic (exact) mass is 348 g/mol. The standard InChI is InChI=1S/C20H13ClN2O2/c21-14-4-5-16-18(9-14)23-19(25)20(16)7-6-15(24)10-17(20)13-3-1-2-12(8-13)11-22/h1-9,17H,10H2,(H,23,25)/t17-,20+/m1/s1. The van der Waals surface area contributed by atoms with Gasteiger partial charge in [-0.15, -0.1) is 0 Å². The summed E-state index contributed by atoms with van der Waals surface area (Å²) in [7, 11) is 0. The number of halogens is 1. The van der Waals surface area contributed by atoms with E-state index in [1.807, 2.05) is 12.1 Å². The second-order valence-corrected chi connectivity index (χ2v) is 6.74. The van der Waals surface area contributed by atoms with Crippen LogP contribution in [0.4, 0.5) is 5.69 Å². The van der Waals surface area contributed by atoms with E-state index in [0.717, 1.165) is 11.1 Å². The first-order valence-corrected chi connectivity index (χ1v) is 8.26. The van der Waals surface area contributed by atoms with E-state index in [2.05, 4.69) is 11.4 Å². The summed E-state index contributed by atoms with van der Waals surface area (Å²) in [6.07, 6.45) is 3.38. The molecule has 1 heterocycles. The summed E-state index contributed by atoms with van der Waals surface area (Å²) in [6, 6.07) is 14.5. The second-order valence-electron chi connectivity index (χ2n) is 6.31. The van der Waals surface area contributed by atoms with Gasteiger partial charge in [0.2, 0.25) is 5.91 Å². The number of carbonyl (C=O) groups excluding carboxylic acids is 2. The van der Waals surface area contributed by atoms with Crippen molar-refractivity contribution in [2.24, 2.45) is 0 Å². The highest BCUT2D eigenvalue weighted by molar-refractivity contribution is 6.31. The first-order valence-electron chi connectivity index (χ1n) is 7.88. The van der Waals surface area contributed by atoms with Crippen molar-refractivity contribution in [2.75, 3.05) is 5.32 Å². The molecule has 122 valence electrons. The number of hydrogen-bond donors (Lipinski definition) is 1. The van der Waals surface area contributed by atoms with E-state index in [4.69, 9.17) is 11.6 Å². The average Bonchev–Trinajstić information content (AvgIpc) is 2.88. The number of benzene rings is 2. The molecule has 1 amide bonds. The van der Waals surface area contributed by atoms with Gasteiger partial charge in [0.05, 0.1) is 11.6 Å². The Morgan fingerprint density at radius 1 is 1.20 bits per heavy atom. The Hall–Kier alpha value is -2.90. The highest BCUT2D eigenvalue weighted by Gasteiger charge is 2.53. The van der Waals surface area contributed by atoms with Gasteiger partial charge in [-0.25, -0.2) is 0 Å². The molecule has 2 aromatic rings. The van der Waals surface area contributed by atoms with Crippen molar-refractivity contribution in [2.45, 2.75) is 17.8 Å². The molecule has 0 saturated carbocycles. The van der Waals surface area contributed by atoms with Gasteiger partial charge in [0.1, 0.15) is 5.41 Å². The van der Waals surface area contributed by atoms with Crippen molar-refractivity contribution < 1.29 is 9.59 Å². The third-order valence-electron chi connectivity index (χ3n) is 4.96. The molecule has 2 aliphatic rings. The Kier molecular flexibility index (Phi) is 3.48. The van der Waals surface area contributed by atoms with Crippen LogP contribution >= 0.6 is 11.6 Å². The number of fused-ring (bicyclic) bond motifs is 2. The zero-order chi connectivity index (χ0) is 17.6. The number of nitrogens with one attached hydrogen (secondary N) is 1. The minimum atomic E-state index is -0.970. The number of nitriles is 1. The minimum Gasteiger partial charge on any atom is -0.325 e. The topological polar surface area (TPSA) is 70.0 Å². The molecule has 0 saturated heterocycles. The fourth-order valence-corrected chi connectivity index (χ4v) is 3.99. The van der Waals surface area contributed by atoms with Crippen molar-refractivity contribution in [3.63, 3.8) is 0 Å². The molecular formula is C20H13ClN2O2. The molecule has 0 bridgehead atoms. The first-order chi connectivity index (χ1) is 12.0. The fraction of sp³-hybridized carbons (Fsp3) is 0.150. The predicted octanol–water partition coefficient (Wildman–Crippen LogP) is 3.71. The molecule has 0 unspecified atom stereocenters. The molecule has 1 spiro atoms. The van der Waals surface area contributed by atoms with Gasteiger partial charge in [0.15, 0.2) is 5.78 Å². The van der Waals surface area contributed by atoms with Gasteiger partial charge in [0, 0.05) is 23.0 Å². The molecule has 5 heteroatoms. The predicted molar refractivity (Wildman–Crippen MR) is 94.4 cm³/mol. The van der Waals surface area contributed by atoms with Crippen LogP contribution in [0.1, 0.15) is 29.0 Å². The highest BCUT2D eigenvalue weighted by atomic mass is 35.5. The molecule has 4 rings (SSSR count). The average molecular weight is 349 g/mol. The van der Waals surface area contributed by atoms with E-state index in [1.165, 1.54) is 6.08 Å². The second kappa shape index (κ2) is 5.58. The number of carbonyl (C=O) groups is 2. The van der Waals surface area contributed by atoms with E-state index in [9.17, 15) is 14.9 Å². The number of ketones is 1. The summed E-state index contributed by atoms with van der Waals surface area (Å²) in [5.74, 6) is -0.588. The van der Waals surface area contributed by atoms with Crippen LogP contribution in [0.25, 0.3) is 0 Å². The molecule has 2 aromatic carbocycles. The van der Waals surface area contributed by atoms with E-state index < -0.39 is 5.41 Å². The number of nitrogens with zero attached hydrogens (tertiary/aromatic N) is 1. The summed E-state index contributed by atoms with van der Waals surface area (Å²) in [5.41, 5.74) is 1.80. The van der Waals surface area contributed by atoms with Crippen molar-refractivity contribution >= 4 is 29.0 Å². The largest absolute Gasteiger partial charge is 0.325 e. The molecule has 0 fully saturated rings. The maximum absolute atomic E-state index is 13.0. The van der Waals surface area contributed by atoms with E-state index in [-0.39, 0.29) is 24.0 Å². The normalized spacial score (nSPS) is 24.1. The summed E-state index contributed by atoms with van der Waals surface area (Å²) in [6.45, 7) is 0. The molecule has 1 aliphatic carbocycles.